The van der Waals surface area contributed by atoms with E-state index < -0.39 is 0 Å². The van der Waals surface area contributed by atoms with E-state index in [1.807, 2.05) is 18.2 Å². The van der Waals surface area contributed by atoms with Crippen molar-refractivity contribution in [3.05, 3.63) is 139 Å². The van der Waals surface area contributed by atoms with Crippen LogP contribution in [0.15, 0.2) is 128 Å². The van der Waals surface area contributed by atoms with Gasteiger partial charge in [-0.3, -0.25) is 0 Å². The molecule has 5 aromatic carbocycles. The largest absolute Gasteiger partial charge is 0.310 e. The summed E-state index contributed by atoms with van der Waals surface area (Å²) >= 11 is 0. The zero-order chi connectivity index (χ0) is 25.7. The van der Waals surface area contributed by atoms with E-state index in [0.717, 1.165) is 39.0 Å². The molecule has 1 aromatic heterocycles. The first-order valence-electron chi connectivity index (χ1n) is 13.0. The molecule has 1 aliphatic rings. The molecule has 38 heavy (non-hydrogen) atoms. The summed E-state index contributed by atoms with van der Waals surface area (Å²) in [4.78, 5) is 11.6. The van der Waals surface area contributed by atoms with Gasteiger partial charge in [-0.05, 0) is 58.7 Å². The van der Waals surface area contributed by atoms with E-state index >= 15 is 0 Å². The van der Waals surface area contributed by atoms with E-state index in [1.54, 1.807) is 6.33 Å². The van der Waals surface area contributed by atoms with Crippen LogP contribution in [-0.4, -0.2) is 9.97 Å². The second-order valence-corrected chi connectivity index (χ2v) is 10.4. The summed E-state index contributed by atoms with van der Waals surface area (Å²) < 4.78 is 0. The minimum Gasteiger partial charge on any atom is -0.310 e. The number of rotatable bonds is 3. The van der Waals surface area contributed by atoms with E-state index in [9.17, 15) is 0 Å². The molecule has 0 spiro atoms. The third-order valence-corrected chi connectivity index (χ3v) is 7.78. The number of anilines is 3. The zero-order valence-corrected chi connectivity index (χ0v) is 21.5. The monoisotopic (exact) mass is 489 g/mol. The summed E-state index contributed by atoms with van der Waals surface area (Å²) in [5.74, 6) is 0. The molecule has 0 saturated heterocycles. The second-order valence-electron chi connectivity index (χ2n) is 10.4. The summed E-state index contributed by atoms with van der Waals surface area (Å²) in [7, 11) is 0. The van der Waals surface area contributed by atoms with Crippen molar-refractivity contribution in [2.45, 2.75) is 19.3 Å². The molecule has 0 atom stereocenters. The van der Waals surface area contributed by atoms with Crippen molar-refractivity contribution in [3.8, 4) is 22.4 Å². The number of fused-ring (bicyclic) bond motifs is 3. The highest BCUT2D eigenvalue weighted by molar-refractivity contribution is 5.94. The molecular weight excluding hydrogens is 462 g/mol. The van der Waals surface area contributed by atoms with Gasteiger partial charge >= 0.3 is 0 Å². The average molecular weight is 490 g/mol. The van der Waals surface area contributed by atoms with Gasteiger partial charge in [0.1, 0.15) is 6.33 Å². The first-order valence-corrected chi connectivity index (χ1v) is 13.0. The topological polar surface area (TPSA) is 29.0 Å². The second kappa shape index (κ2) is 8.67. The maximum absolute atomic E-state index is 4.59. The van der Waals surface area contributed by atoms with Gasteiger partial charge in [0, 0.05) is 22.1 Å². The number of hydrogen-bond acceptors (Lipinski definition) is 3. The number of nitrogens with zero attached hydrogens (tertiary/aromatic N) is 3. The van der Waals surface area contributed by atoms with Crippen LogP contribution in [0.3, 0.4) is 0 Å². The fourth-order valence-corrected chi connectivity index (χ4v) is 5.81. The maximum atomic E-state index is 4.59. The summed E-state index contributed by atoms with van der Waals surface area (Å²) in [6.07, 6.45) is 1.66. The summed E-state index contributed by atoms with van der Waals surface area (Å²) in [5, 5.41) is 1.06. The molecule has 182 valence electrons. The van der Waals surface area contributed by atoms with Crippen LogP contribution in [0.1, 0.15) is 25.0 Å². The molecule has 6 aromatic rings. The minimum atomic E-state index is -0.0603. The van der Waals surface area contributed by atoms with Gasteiger partial charge in [0.2, 0.25) is 0 Å². The number of para-hydroxylation sites is 2. The van der Waals surface area contributed by atoms with E-state index in [0.29, 0.717) is 0 Å². The van der Waals surface area contributed by atoms with E-state index in [4.69, 9.17) is 0 Å². The minimum absolute atomic E-state index is 0.0603. The smallest absolute Gasteiger partial charge is 0.116 e. The molecular formula is C35H27N3. The van der Waals surface area contributed by atoms with Crippen LogP contribution in [0.5, 0.6) is 0 Å². The lowest BCUT2D eigenvalue weighted by molar-refractivity contribution is 0.632. The third-order valence-electron chi connectivity index (χ3n) is 7.78. The van der Waals surface area contributed by atoms with Crippen LogP contribution in [0.2, 0.25) is 0 Å². The van der Waals surface area contributed by atoms with Gasteiger partial charge in [-0.25, -0.2) is 9.97 Å². The van der Waals surface area contributed by atoms with Crippen LogP contribution >= 0.6 is 0 Å². The Morgan fingerprint density at radius 3 is 1.84 bits per heavy atom. The molecule has 7 rings (SSSR count). The van der Waals surface area contributed by atoms with Gasteiger partial charge < -0.3 is 4.90 Å². The normalized spacial score (nSPS) is 13.7. The first-order chi connectivity index (χ1) is 18.6. The number of benzene rings is 5. The van der Waals surface area contributed by atoms with Gasteiger partial charge in [0.25, 0.3) is 0 Å². The van der Waals surface area contributed by atoms with Crippen LogP contribution in [0.4, 0.5) is 17.1 Å². The van der Waals surface area contributed by atoms with Crippen LogP contribution in [0, 0.1) is 0 Å². The predicted molar refractivity (Wildman–Crippen MR) is 157 cm³/mol. The summed E-state index contributed by atoms with van der Waals surface area (Å²) in [6.45, 7) is 4.63. The third kappa shape index (κ3) is 3.51. The lowest BCUT2D eigenvalue weighted by Crippen LogP contribution is -2.30. The van der Waals surface area contributed by atoms with Gasteiger partial charge in [0.15, 0.2) is 0 Å². The molecule has 0 bridgehead atoms. The van der Waals surface area contributed by atoms with E-state index in [1.165, 1.54) is 22.5 Å². The Hall–Kier alpha value is -4.76. The quantitative estimate of drug-likeness (QED) is 0.248. The molecule has 0 unspecified atom stereocenters. The molecule has 0 aliphatic carbocycles. The van der Waals surface area contributed by atoms with Crippen LogP contribution in [-0.2, 0) is 5.41 Å². The van der Waals surface area contributed by atoms with Gasteiger partial charge in [-0.2, -0.15) is 0 Å². The summed E-state index contributed by atoms with van der Waals surface area (Å²) in [6, 6.07) is 43.1. The lowest BCUT2D eigenvalue weighted by atomic mass is 9.73. The molecule has 0 N–H and O–H groups in total. The lowest BCUT2D eigenvalue weighted by Gasteiger charge is -2.42. The molecule has 0 radical (unpaired) electrons. The van der Waals surface area contributed by atoms with Crippen LogP contribution < -0.4 is 4.90 Å². The highest BCUT2D eigenvalue weighted by Gasteiger charge is 2.36. The molecule has 1 aliphatic heterocycles. The number of aromatic nitrogens is 2. The molecule has 3 heteroatoms. The standard InChI is InChI=1S/C35H27N3/c1-35(2)29-12-6-8-14-32(29)38(33-15-9-7-13-30(33)35)27-19-16-24(17-20-27)26-18-21-28-31(22-26)36-23-37-34(28)25-10-4-3-5-11-25/h3-23H,1-2H3. The molecule has 0 fully saturated rings. The Kier molecular flexibility index (Phi) is 5.12. The van der Waals surface area contributed by atoms with Crippen molar-refractivity contribution in [2.75, 3.05) is 4.90 Å². The molecule has 0 saturated carbocycles. The molecule has 2 heterocycles. The summed E-state index contributed by atoms with van der Waals surface area (Å²) in [5.41, 5.74) is 11.5. The van der Waals surface area contributed by atoms with Gasteiger partial charge in [-0.15, -0.1) is 0 Å². The zero-order valence-electron chi connectivity index (χ0n) is 21.5. The molecule has 3 nitrogen and oxygen atoms in total. The van der Waals surface area contributed by atoms with Crippen molar-refractivity contribution in [1.82, 2.24) is 9.97 Å². The Balaban J connectivity index is 1.29. The van der Waals surface area contributed by atoms with Gasteiger partial charge in [-0.1, -0.05) is 98.8 Å². The van der Waals surface area contributed by atoms with Crippen molar-refractivity contribution in [2.24, 2.45) is 0 Å². The van der Waals surface area contributed by atoms with Crippen LogP contribution in [0.25, 0.3) is 33.3 Å². The number of hydrogen-bond donors (Lipinski definition) is 0. The van der Waals surface area contributed by atoms with Crippen molar-refractivity contribution >= 4 is 28.0 Å². The predicted octanol–water partition coefficient (Wildman–Crippen LogP) is 9.07. The molecule has 0 amide bonds. The first kappa shape index (κ1) is 22.4. The fourth-order valence-electron chi connectivity index (χ4n) is 5.81. The van der Waals surface area contributed by atoms with E-state index in [2.05, 4.69) is 132 Å². The highest BCUT2D eigenvalue weighted by Crippen LogP contribution is 2.51. The Labute approximate surface area is 223 Å². The maximum Gasteiger partial charge on any atom is 0.116 e. The Morgan fingerprint density at radius 1 is 0.553 bits per heavy atom. The van der Waals surface area contributed by atoms with Gasteiger partial charge in [0.05, 0.1) is 22.6 Å². The van der Waals surface area contributed by atoms with Crippen molar-refractivity contribution in [3.63, 3.8) is 0 Å². The van der Waals surface area contributed by atoms with Crippen molar-refractivity contribution < 1.29 is 0 Å². The fraction of sp³-hybridized carbons (Fsp3) is 0.0857. The van der Waals surface area contributed by atoms with E-state index in [-0.39, 0.29) is 5.41 Å². The van der Waals surface area contributed by atoms with Crippen molar-refractivity contribution in [1.29, 1.82) is 0 Å². The Morgan fingerprint density at radius 2 is 1.16 bits per heavy atom. The SMILES string of the molecule is CC1(C)c2ccccc2N(c2ccc(-c3ccc4c(-c5ccccc5)ncnc4c3)cc2)c2ccccc21. The Bertz CT molecular complexity index is 1740. The highest BCUT2D eigenvalue weighted by atomic mass is 15.2. The average Bonchev–Trinajstić information content (AvgIpc) is 2.98.